The second-order valence-electron chi connectivity index (χ2n) is 10.6. The number of rotatable bonds is 6. The molecule has 3 aromatic heterocycles. The largest absolute Gasteiger partial charge is 0.496 e. The number of benzene rings is 2. The van der Waals surface area contributed by atoms with Crippen LogP contribution >= 0.6 is 11.3 Å². The molecule has 0 unspecified atom stereocenters. The zero-order valence-corrected chi connectivity index (χ0v) is 23.7. The number of hydrogen-bond acceptors (Lipinski definition) is 6. The molecule has 0 bridgehead atoms. The maximum Gasteiger partial charge on any atom is 0.282 e. The van der Waals surface area contributed by atoms with Crippen LogP contribution in [0.15, 0.2) is 72.6 Å². The number of thiophene rings is 1. The number of carbonyl (C=O) groups excluding carboxylic acids is 1. The molecule has 5 aromatic rings. The Morgan fingerprint density at radius 2 is 1.98 bits per heavy atom. The van der Waals surface area contributed by atoms with E-state index in [2.05, 4.69) is 41.3 Å². The highest BCUT2D eigenvalue weighted by Gasteiger charge is 2.34. The summed E-state index contributed by atoms with van der Waals surface area (Å²) in [4.78, 5) is 18.6. The molecule has 1 amide bonds. The normalized spacial score (nSPS) is 15.0. The van der Waals surface area contributed by atoms with Gasteiger partial charge >= 0.3 is 0 Å². The first-order chi connectivity index (χ1) is 20.4. The van der Waals surface area contributed by atoms with Gasteiger partial charge in [-0.05, 0) is 53.7 Å². The number of nitrogens with one attached hydrogen (secondary N) is 1. The van der Waals surface area contributed by atoms with Crippen LogP contribution in [0.2, 0.25) is 0 Å². The monoisotopic (exact) mass is 583 g/mol. The zero-order chi connectivity index (χ0) is 29.0. The van der Waals surface area contributed by atoms with Gasteiger partial charge in [0.2, 0.25) is 0 Å². The van der Waals surface area contributed by atoms with Gasteiger partial charge in [0.05, 0.1) is 30.7 Å². The highest BCUT2D eigenvalue weighted by atomic mass is 32.1. The lowest BCUT2D eigenvalue weighted by molar-refractivity contribution is -0.134. The van der Waals surface area contributed by atoms with Crippen molar-refractivity contribution in [1.82, 2.24) is 25.0 Å². The van der Waals surface area contributed by atoms with E-state index in [0.717, 1.165) is 57.5 Å². The van der Waals surface area contributed by atoms with Crippen LogP contribution < -0.4 is 10.1 Å². The SMILES string of the molecule is C=C(F)C(=O)N1CC(n2cc(-c3nc(-c4ccc5c(c4)CCNC5)c4ccsc4c3-c3ccc(F)cc3OC)cn2)C1. The molecule has 2 aliphatic rings. The minimum atomic E-state index is -0.966. The number of aromatic nitrogens is 3. The molecule has 2 aromatic carbocycles. The first-order valence-electron chi connectivity index (χ1n) is 13.7. The Morgan fingerprint density at radius 1 is 1.12 bits per heavy atom. The van der Waals surface area contributed by atoms with Gasteiger partial charge in [0.1, 0.15) is 11.6 Å². The van der Waals surface area contributed by atoms with E-state index in [1.165, 1.54) is 35.3 Å². The van der Waals surface area contributed by atoms with Gasteiger partial charge in [-0.15, -0.1) is 11.3 Å². The highest BCUT2D eigenvalue weighted by Crippen LogP contribution is 2.46. The first-order valence-corrected chi connectivity index (χ1v) is 14.6. The molecule has 0 saturated carbocycles. The van der Waals surface area contributed by atoms with Crippen molar-refractivity contribution in [3.8, 4) is 39.4 Å². The summed E-state index contributed by atoms with van der Waals surface area (Å²) in [5, 5.41) is 11.1. The molecule has 10 heteroatoms. The summed E-state index contributed by atoms with van der Waals surface area (Å²) < 4.78 is 36.0. The Morgan fingerprint density at radius 3 is 2.79 bits per heavy atom. The van der Waals surface area contributed by atoms with Crippen molar-refractivity contribution in [3.63, 3.8) is 0 Å². The van der Waals surface area contributed by atoms with E-state index >= 15 is 0 Å². The van der Waals surface area contributed by atoms with Crippen molar-refractivity contribution in [2.75, 3.05) is 26.7 Å². The molecular formula is C32H27F2N5O2S. The molecule has 2 aliphatic heterocycles. The third-order valence-corrected chi connectivity index (χ3v) is 8.97. The first kappa shape index (κ1) is 26.5. The van der Waals surface area contributed by atoms with E-state index in [1.807, 2.05) is 11.6 Å². The minimum Gasteiger partial charge on any atom is -0.496 e. The van der Waals surface area contributed by atoms with E-state index < -0.39 is 11.7 Å². The minimum absolute atomic E-state index is 0.0925. The fraction of sp³-hybridized carbons (Fsp3) is 0.219. The van der Waals surface area contributed by atoms with Crippen molar-refractivity contribution in [2.45, 2.75) is 19.0 Å². The van der Waals surface area contributed by atoms with Crippen molar-refractivity contribution >= 4 is 27.3 Å². The Balaban J connectivity index is 1.39. The standard InChI is InChI=1S/C32H27F2N5O2S/c1-18(33)32(40)38-16-24(17-38)39-15-22(14-36-39)30-28(25-6-5-23(34)12-27(25)41-2)31-26(8-10-42-31)29(37-30)20-3-4-21-13-35-9-7-19(21)11-20/h3-6,8,10-12,14-15,24,35H,1,7,9,13,16-17H2,2H3. The van der Waals surface area contributed by atoms with Gasteiger partial charge in [0.25, 0.3) is 5.91 Å². The number of carbonyl (C=O) groups is 1. The average molecular weight is 584 g/mol. The molecule has 1 N–H and O–H groups in total. The number of hydrogen-bond donors (Lipinski definition) is 1. The molecule has 42 heavy (non-hydrogen) atoms. The number of fused-ring (bicyclic) bond motifs is 2. The van der Waals surface area contributed by atoms with Crippen LogP contribution in [-0.2, 0) is 17.8 Å². The lowest BCUT2D eigenvalue weighted by atomic mass is 9.93. The number of likely N-dealkylation sites (tertiary alicyclic amines) is 1. The van der Waals surface area contributed by atoms with Crippen LogP contribution in [0.3, 0.4) is 0 Å². The van der Waals surface area contributed by atoms with Gasteiger partial charge in [-0.3, -0.25) is 9.48 Å². The van der Waals surface area contributed by atoms with Crippen molar-refractivity contribution in [1.29, 1.82) is 0 Å². The smallest absolute Gasteiger partial charge is 0.282 e. The van der Waals surface area contributed by atoms with Crippen molar-refractivity contribution in [3.05, 3.63) is 89.6 Å². The van der Waals surface area contributed by atoms with Gasteiger partial charge in [0.15, 0.2) is 5.83 Å². The molecule has 1 fully saturated rings. The molecule has 5 heterocycles. The summed E-state index contributed by atoms with van der Waals surface area (Å²) in [5.74, 6) is -1.64. The number of methoxy groups -OCH3 is 1. The van der Waals surface area contributed by atoms with Crippen molar-refractivity contribution < 1.29 is 18.3 Å². The van der Waals surface area contributed by atoms with Gasteiger partial charge in [-0.25, -0.2) is 13.8 Å². The zero-order valence-electron chi connectivity index (χ0n) is 22.9. The molecular weight excluding hydrogens is 556 g/mol. The number of nitrogens with zero attached hydrogens (tertiary/aromatic N) is 4. The summed E-state index contributed by atoms with van der Waals surface area (Å²) in [6.45, 7) is 5.59. The Hall–Kier alpha value is -4.41. The van der Waals surface area contributed by atoms with E-state index in [0.29, 0.717) is 24.5 Å². The van der Waals surface area contributed by atoms with E-state index in [4.69, 9.17) is 9.72 Å². The summed E-state index contributed by atoms with van der Waals surface area (Å²) >= 11 is 1.60. The molecule has 0 atom stereocenters. The summed E-state index contributed by atoms with van der Waals surface area (Å²) in [5.41, 5.74) is 7.54. The van der Waals surface area contributed by atoms with E-state index in [1.54, 1.807) is 28.3 Å². The Bertz CT molecular complexity index is 1870. The Kier molecular flexibility index (Phi) is 6.59. The summed E-state index contributed by atoms with van der Waals surface area (Å²) in [7, 11) is 1.53. The van der Waals surface area contributed by atoms with E-state index in [-0.39, 0.29) is 11.9 Å². The number of ether oxygens (including phenoxy) is 1. The third kappa shape index (κ3) is 4.47. The topological polar surface area (TPSA) is 72.3 Å². The molecule has 0 spiro atoms. The van der Waals surface area contributed by atoms with Crippen LogP contribution in [0, 0.1) is 5.82 Å². The number of halogens is 2. The van der Waals surface area contributed by atoms with Gasteiger partial charge in [-0.2, -0.15) is 5.10 Å². The van der Waals surface area contributed by atoms with Gasteiger partial charge < -0.3 is 15.0 Å². The average Bonchev–Trinajstić information content (AvgIpc) is 3.66. The lowest BCUT2D eigenvalue weighted by Gasteiger charge is -2.38. The number of pyridine rings is 1. The summed E-state index contributed by atoms with van der Waals surface area (Å²) in [6, 6.07) is 13.0. The maximum atomic E-state index is 14.3. The second kappa shape index (κ2) is 10.5. The van der Waals surface area contributed by atoms with Crippen LogP contribution in [0.4, 0.5) is 8.78 Å². The number of amides is 1. The van der Waals surface area contributed by atoms with Gasteiger partial charge in [-0.1, -0.05) is 18.7 Å². The molecule has 1 saturated heterocycles. The van der Waals surface area contributed by atoms with Crippen LogP contribution in [-0.4, -0.2) is 52.3 Å². The highest BCUT2D eigenvalue weighted by molar-refractivity contribution is 7.18. The predicted molar refractivity (Wildman–Crippen MR) is 159 cm³/mol. The predicted octanol–water partition coefficient (Wildman–Crippen LogP) is 6.15. The summed E-state index contributed by atoms with van der Waals surface area (Å²) in [6.07, 6.45) is 4.61. The Labute approximate surface area is 245 Å². The van der Waals surface area contributed by atoms with Crippen LogP contribution in [0.25, 0.3) is 43.7 Å². The van der Waals surface area contributed by atoms with Crippen molar-refractivity contribution in [2.24, 2.45) is 0 Å². The molecule has 0 aliphatic carbocycles. The molecule has 0 radical (unpaired) electrons. The molecule has 7 nitrogen and oxygen atoms in total. The third-order valence-electron chi connectivity index (χ3n) is 8.04. The molecule has 7 rings (SSSR count). The maximum absolute atomic E-state index is 14.3. The fourth-order valence-electron chi connectivity index (χ4n) is 5.82. The molecule has 212 valence electrons. The lowest BCUT2D eigenvalue weighted by Crippen LogP contribution is -2.50. The second-order valence-corrected chi connectivity index (χ2v) is 11.5. The van der Waals surface area contributed by atoms with Crippen LogP contribution in [0.5, 0.6) is 5.75 Å². The quantitative estimate of drug-likeness (QED) is 0.243. The van der Waals surface area contributed by atoms with Crippen LogP contribution in [0.1, 0.15) is 17.2 Å². The van der Waals surface area contributed by atoms with Gasteiger partial charge in [0, 0.05) is 64.2 Å². The fourth-order valence-corrected chi connectivity index (χ4v) is 6.78. The van der Waals surface area contributed by atoms with E-state index in [9.17, 15) is 13.6 Å².